The Labute approximate surface area is 130 Å². The molecule has 2 N–H and O–H groups in total. The van der Waals surface area contributed by atoms with E-state index in [4.69, 9.17) is 4.42 Å². The van der Waals surface area contributed by atoms with Crippen LogP contribution in [0.5, 0.6) is 0 Å². The summed E-state index contributed by atoms with van der Waals surface area (Å²) >= 11 is 0. The van der Waals surface area contributed by atoms with Gasteiger partial charge in [0.2, 0.25) is 11.8 Å². The summed E-state index contributed by atoms with van der Waals surface area (Å²) in [7, 11) is 0. The molecule has 116 valence electrons. The van der Waals surface area contributed by atoms with Crippen LogP contribution in [0.2, 0.25) is 0 Å². The zero-order valence-electron chi connectivity index (χ0n) is 13.0. The van der Waals surface area contributed by atoms with Gasteiger partial charge in [-0.3, -0.25) is 4.79 Å². The molecular formula is C17H21N3O2. The standard InChI is InChI=1S/C17H21N3O2/c1-11-3-4-14(17-19-12(2)10-22-17)9-15(11)20-16(21)13-5-7-18-8-6-13/h3-4,9-10,13,18H,5-8H2,1-2H3,(H,20,21). The van der Waals surface area contributed by atoms with Crippen LogP contribution in [-0.2, 0) is 4.79 Å². The number of oxazole rings is 1. The molecule has 0 saturated carbocycles. The topological polar surface area (TPSA) is 67.2 Å². The van der Waals surface area contributed by atoms with Gasteiger partial charge in [-0.2, -0.15) is 0 Å². The summed E-state index contributed by atoms with van der Waals surface area (Å²) in [5.74, 6) is 0.772. The third-order valence-electron chi connectivity index (χ3n) is 4.07. The molecule has 0 aliphatic carbocycles. The van der Waals surface area contributed by atoms with Crippen molar-refractivity contribution in [2.45, 2.75) is 26.7 Å². The second-order valence-electron chi connectivity index (χ2n) is 5.84. The quantitative estimate of drug-likeness (QED) is 0.914. The number of anilines is 1. The second kappa shape index (κ2) is 6.32. The van der Waals surface area contributed by atoms with Crippen molar-refractivity contribution in [1.29, 1.82) is 0 Å². The third-order valence-corrected chi connectivity index (χ3v) is 4.07. The van der Waals surface area contributed by atoms with E-state index in [-0.39, 0.29) is 11.8 Å². The van der Waals surface area contributed by atoms with Gasteiger partial charge in [0.25, 0.3) is 0 Å². The van der Waals surface area contributed by atoms with Crippen LogP contribution in [0.1, 0.15) is 24.1 Å². The number of amides is 1. The number of carbonyl (C=O) groups is 1. The van der Waals surface area contributed by atoms with E-state index in [9.17, 15) is 4.79 Å². The summed E-state index contributed by atoms with van der Waals surface area (Å²) in [6.07, 6.45) is 3.41. The van der Waals surface area contributed by atoms with Crippen molar-refractivity contribution in [1.82, 2.24) is 10.3 Å². The SMILES string of the molecule is Cc1coc(-c2ccc(C)c(NC(=O)C3CCNCC3)c2)n1. The smallest absolute Gasteiger partial charge is 0.227 e. The first kappa shape index (κ1) is 14.8. The summed E-state index contributed by atoms with van der Waals surface area (Å²) in [5.41, 5.74) is 3.58. The molecule has 1 aromatic heterocycles. The van der Waals surface area contributed by atoms with Gasteiger partial charge >= 0.3 is 0 Å². The maximum atomic E-state index is 12.4. The number of hydrogen-bond acceptors (Lipinski definition) is 4. The number of nitrogens with zero attached hydrogens (tertiary/aromatic N) is 1. The van der Waals surface area contributed by atoms with Gasteiger partial charge < -0.3 is 15.1 Å². The van der Waals surface area contributed by atoms with E-state index in [1.54, 1.807) is 6.26 Å². The highest BCUT2D eigenvalue weighted by molar-refractivity contribution is 5.94. The molecule has 5 heteroatoms. The summed E-state index contributed by atoms with van der Waals surface area (Å²) in [5, 5.41) is 6.34. The monoisotopic (exact) mass is 299 g/mol. The van der Waals surface area contributed by atoms with E-state index in [0.717, 1.165) is 48.4 Å². The van der Waals surface area contributed by atoms with Crippen LogP contribution in [-0.4, -0.2) is 24.0 Å². The van der Waals surface area contributed by atoms with E-state index in [1.165, 1.54) is 0 Å². The molecule has 0 bridgehead atoms. The average molecular weight is 299 g/mol. The zero-order chi connectivity index (χ0) is 15.5. The molecule has 1 amide bonds. The maximum absolute atomic E-state index is 12.4. The first-order valence-electron chi connectivity index (χ1n) is 7.68. The largest absolute Gasteiger partial charge is 0.444 e. The van der Waals surface area contributed by atoms with E-state index in [2.05, 4.69) is 15.6 Å². The number of rotatable bonds is 3. The lowest BCUT2D eigenvalue weighted by atomic mass is 9.97. The normalized spacial score (nSPS) is 15.7. The lowest BCUT2D eigenvalue weighted by Gasteiger charge is -2.22. The highest BCUT2D eigenvalue weighted by Crippen LogP contribution is 2.26. The molecule has 0 atom stereocenters. The zero-order valence-corrected chi connectivity index (χ0v) is 13.0. The Morgan fingerprint density at radius 3 is 2.77 bits per heavy atom. The predicted octanol–water partition coefficient (Wildman–Crippen LogP) is 2.90. The van der Waals surface area contributed by atoms with Crippen molar-refractivity contribution in [2.75, 3.05) is 18.4 Å². The van der Waals surface area contributed by atoms with E-state index >= 15 is 0 Å². The first-order valence-corrected chi connectivity index (χ1v) is 7.68. The highest BCUT2D eigenvalue weighted by atomic mass is 16.3. The molecule has 5 nitrogen and oxygen atoms in total. The number of aryl methyl sites for hydroxylation is 2. The van der Waals surface area contributed by atoms with Gasteiger partial charge in [-0.15, -0.1) is 0 Å². The fourth-order valence-electron chi connectivity index (χ4n) is 2.70. The highest BCUT2D eigenvalue weighted by Gasteiger charge is 2.21. The number of hydrogen-bond donors (Lipinski definition) is 2. The molecule has 1 aliphatic heterocycles. The minimum absolute atomic E-state index is 0.0910. The fourth-order valence-corrected chi connectivity index (χ4v) is 2.70. The van der Waals surface area contributed by atoms with Gasteiger partial charge in [-0.25, -0.2) is 4.98 Å². The minimum Gasteiger partial charge on any atom is -0.444 e. The number of benzene rings is 1. The first-order chi connectivity index (χ1) is 10.6. The Morgan fingerprint density at radius 2 is 2.09 bits per heavy atom. The molecule has 2 heterocycles. The number of carbonyl (C=O) groups excluding carboxylic acids is 1. The van der Waals surface area contributed by atoms with Crippen molar-refractivity contribution in [3.05, 3.63) is 35.7 Å². The van der Waals surface area contributed by atoms with Gasteiger partial charge in [-0.1, -0.05) is 6.07 Å². The number of piperidine rings is 1. The van der Waals surface area contributed by atoms with Gasteiger partial charge in [0, 0.05) is 17.2 Å². The minimum atomic E-state index is 0.0910. The Balaban J connectivity index is 1.79. The van der Waals surface area contributed by atoms with Crippen LogP contribution in [0.3, 0.4) is 0 Å². The van der Waals surface area contributed by atoms with E-state index < -0.39 is 0 Å². The van der Waals surface area contributed by atoms with Crippen molar-refractivity contribution in [3.8, 4) is 11.5 Å². The lowest BCUT2D eigenvalue weighted by Crippen LogP contribution is -2.34. The molecule has 1 fully saturated rings. The van der Waals surface area contributed by atoms with E-state index in [0.29, 0.717) is 5.89 Å². The molecule has 0 radical (unpaired) electrons. The summed E-state index contributed by atoms with van der Waals surface area (Å²) in [6, 6.07) is 5.87. The van der Waals surface area contributed by atoms with Crippen molar-refractivity contribution in [2.24, 2.45) is 5.92 Å². The molecule has 3 rings (SSSR count). The molecule has 1 aliphatic rings. The summed E-state index contributed by atoms with van der Waals surface area (Å²) in [6.45, 7) is 5.70. The molecular weight excluding hydrogens is 278 g/mol. The molecule has 22 heavy (non-hydrogen) atoms. The Morgan fingerprint density at radius 1 is 1.32 bits per heavy atom. The average Bonchev–Trinajstić information content (AvgIpc) is 2.97. The molecule has 0 unspecified atom stereocenters. The Bertz CT molecular complexity index is 672. The fraction of sp³-hybridized carbons (Fsp3) is 0.412. The predicted molar refractivity (Wildman–Crippen MR) is 85.6 cm³/mol. The number of aromatic nitrogens is 1. The van der Waals surface area contributed by atoms with Crippen molar-refractivity contribution >= 4 is 11.6 Å². The van der Waals surface area contributed by atoms with Gasteiger partial charge in [0.15, 0.2) is 0 Å². The van der Waals surface area contributed by atoms with Crippen molar-refractivity contribution < 1.29 is 9.21 Å². The van der Waals surface area contributed by atoms with Crippen LogP contribution in [0.25, 0.3) is 11.5 Å². The van der Waals surface area contributed by atoms with Crippen LogP contribution in [0.15, 0.2) is 28.9 Å². The van der Waals surface area contributed by atoms with Crippen LogP contribution in [0, 0.1) is 19.8 Å². The molecule has 1 saturated heterocycles. The molecule has 2 aromatic rings. The van der Waals surface area contributed by atoms with Crippen LogP contribution < -0.4 is 10.6 Å². The Hall–Kier alpha value is -2.14. The van der Waals surface area contributed by atoms with Crippen molar-refractivity contribution in [3.63, 3.8) is 0 Å². The molecule has 0 spiro atoms. The molecule has 1 aromatic carbocycles. The number of nitrogens with one attached hydrogen (secondary N) is 2. The third kappa shape index (κ3) is 3.20. The van der Waals surface area contributed by atoms with Crippen LogP contribution in [0.4, 0.5) is 5.69 Å². The summed E-state index contributed by atoms with van der Waals surface area (Å²) in [4.78, 5) is 16.7. The van der Waals surface area contributed by atoms with Gasteiger partial charge in [0.1, 0.15) is 6.26 Å². The van der Waals surface area contributed by atoms with Gasteiger partial charge in [0.05, 0.1) is 5.69 Å². The summed E-state index contributed by atoms with van der Waals surface area (Å²) < 4.78 is 5.43. The lowest BCUT2D eigenvalue weighted by molar-refractivity contribution is -0.120. The van der Waals surface area contributed by atoms with Crippen LogP contribution >= 0.6 is 0 Å². The van der Waals surface area contributed by atoms with Gasteiger partial charge in [-0.05, 0) is 57.5 Å². The Kier molecular flexibility index (Phi) is 4.24. The second-order valence-corrected chi connectivity index (χ2v) is 5.84. The van der Waals surface area contributed by atoms with E-state index in [1.807, 2.05) is 32.0 Å². The maximum Gasteiger partial charge on any atom is 0.227 e.